The Balaban J connectivity index is 1.42. The van der Waals surface area contributed by atoms with Crippen molar-refractivity contribution in [3.63, 3.8) is 0 Å². The van der Waals surface area contributed by atoms with Crippen LogP contribution in [-0.4, -0.2) is 59.0 Å². The third kappa shape index (κ3) is 12.8. The largest absolute Gasteiger partial charge is 0.494 e. The van der Waals surface area contributed by atoms with Crippen molar-refractivity contribution in [1.82, 2.24) is 20.3 Å². The number of hydrogen-bond acceptors (Lipinski definition) is 10. The zero-order valence-electron chi connectivity index (χ0n) is 26.5. The van der Waals surface area contributed by atoms with E-state index in [0.717, 1.165) is 42.6 Å². The number of aromatic nitrogens is 3. The van der Waals surface area contributed by atoms with Crippen molar-refractivity contribution in [2.45, 2.75) is 78.9 Å². The van der Waals surface area contributed by atoms with Gasteiger partial charge in [-0.15, -0.1) is 0 Å². The van der Waals surface area contributed by atoms with E-state index >= 15 is 0 Å². The number of carbonyl (C=O) groups excluding carboxylic acids is 2. The molecule has 0 aliphatic heterocycles. The number of esters is 1. The zero-order valence-corrected chi connectivity index (χ0v) is 26.5. The Hall–Kier alpha value is -4.41. The van der Waals surface area contributed by atoms with Gasteiger partial charge in [-0.25, -0.2) is 9.59 Å². The van der Waals surface area contributed by atoms with E-state index in [4.69, 9.17) is 18.9 Å². The van der Waals surface area contributed by atoms with Gasteiger partial charge >= 0.3 is 18.1 Å². The predicted octanol–water partition coefficient (Wildman–Crippen LogP) is 6.11. The number of unbranched alkanes of at least 4 members (excludes halogenated alkanes) is 3. The van der Waals surface area contributed by atoms with Crippen molar-refractivity contribution in [1.29, 1.82) is 0 Å². The third-order valence-corrected chi connectivity index (χ3v) is 6.14. The molecule has 2 N–H and O–H groups in total. The van der Waals surface area contributed by atoms with Gasteiger partial charge in [0.2, 0.25) is 5.95 Å². The fourth-order valence-corrected chi connectivity index (χ4v) is 4.07. The summed E-state index contributed by atoms with van der Waals surface area (Å²) < 4.78 is 21.7. The molecule has 1 heterocycles. The average molecular weight is 608 g/mol. The number of nitrogens with zero attached hydrogens (tertiary/aromatic N) is 3. The van der Waals surface area contributed by atoms with Gasteiger partial charge < -0.3 is 29.6 Å². The number of alkyl carbamates (subject to hydrolysis) is 1. The lowest BCUT2D eigenvalue weighted by Gasteiger charge is -2.19. The molecule has 3 aromatic rings. The molecule has 0 radical (unpaired) electrons. The average Bonchev–Trinajstić information content (AvgIpc) is 2.98. The molecule has 2 aromatic carbocycles. The number of ether oxygens (including phenoxy) is 4. The highest BCUT2D eigenvalue weighted by atomic mass is 16.6. The van der Waals surface area contributed by atoms with Crippen LogP contribution in [0.3, 0.4) is 0 Å². The molecule has 0 saturated carbocycles. The van der Waals surface area contributed by atoms with Crippen molar-refractivity contribution in [2.24, 2.45) is 0 Å². The van der Waals surface area contributed by atoms with Gasteiger partial charge in [0.15, 0.2) is 0 Å². The zero-order chi connectivity index (χ0) is 31.8. The monoisotopic (exact) mass is 607 g/mol. The van der Waals surface area contributed by atoms with Crippen molar-refractivity contribution in [3.05, 3.63) is 71.0 Å². The number of rotatable bonds is 17. The van der Waals surface area contributed by atoms with Crippen molar-refractivity contribution in [3.8, 4) is 11.8 Å². The Bertz CT molecular complexity index is 1310. The maximum Gasteiger partial charge on any atom is 0.407 e. The van der Waals surface area contributed by atoms with Crippen LogP contribution >= 0.6 is 0 Å². The van der Waals surface area contributed by atoms with Crippen LogP contribution < -0.4 is 20.1 Å². The minimum atomic E-state index is -0.480. The minimum absolute atomic E-state index is 0.256. The summed E-state index contributed by atoms with van der Waals surface area (Å²) in [5.74, 6) is 1.44. The molecule has 0 aliphatic rings. The smallest absolute Gasteiger partial charge is 0.407 e. The first kappa shape index (κ1) is 34.1. The van der Waals surface area contributed by atoms with Crippen LogP contribution in [0.25, 0.3) is 0 Å². The van der Waals surface area contributed by atoms with Crippen LogP contribution in [0.15, 0.2) is 48.5 Å². The molecule has 0 atom stereocenters. The topological polar surface area (TPSA) is 134 Å². The maximum atomic E-state index is 11.9. The van der Waals surface area contributed by atoms with Gasteiger partial charge in [0, 0.05) is 19.5 Å². The van der Waals surface area contributed by atoms with E-state index in [-0.39, 0.29) is 18.1 Å². The van der Waals surface area contributed by atoms with E-state index in [0.29, 0.717) is 56.7 Å². The van der Waals surface area contributed by atoms with Gasteiger partial charge in [-0.2, -0.15) is 15.0 Å². The Labute approximate surface area is 260 Å². The molecule has 0 unspecified atom stereocenters. The summed E-state index contributed by atoms with van der Waals surface area (Å²) in [6.45, 7) is 11.7. The normalized spacial score (nSPS) is 11.0. The molecule has 3 rings (SSSR count). The maximum absolute atomic E-state index is 11.9. The second kappa shape index (κ2) is 17.6. The lowest BCUT2D eigenvalue weighted by molar-refractivity contribution is 0.0516. The fraction of sp³-hybridized carbons (Fsp3) is 0.485. The Morgan fingerprint density at radius 3 is 2.18 bits per heavy atom. The molecule has 11 nitrogen and oxygen atoms in total. The molecular weight excluding hydrogens is 562 g/mol. The summed E-state index contributed by atoms with van der Waals surface area (Å²) in [7, 11) is 0. The number of hydrogen-bond donors (Lipinski definition) is 2. The highest BCUT2D eigenvalue weighted by molar-refractivity contribution is 5.89. The highest BCUT2D eigenvalue weighted by Crippen LogP contribution is 2.17. The summed E-state index contributed by atoms with van der Waals surface area (Å²) in [4.78, 5) is 37.0. The molecule has 238 valence electrons. The first-order chi connectivity index (χ1) is 21.1. The lowest BCUT2D eigenvalue weighted by Crippen LogP contribution is -2.32. The van der Waals surface area contributed by atoms with E-state index < -0.39 is 5.60 Å². The van der Waals surface area contributed by atoms with Crippen molar-refractivity contribution >= 4 is 18.0 Å². The molecule has 0 bridgehead atoms. The van der Waals surface area contributed by atoms with E-state index in [2.05, 4.69) is 25.6 Å². The fourth-order valence-electron chi connectivity index (χ4n) is 4.07. The van der Waals surface area contributed by atoms with E-state index in [1.807, 2.05) is 64.1 Å². The third-order valence-electron chi connectivity index (χ3n) is 6.14. The number of nitrogens with one attached hydrogen (secondary N) is 2. The minimum Gasteiger partial charge on any atom is -0.494 e. The lowest BCUT2D eigenvalue weighted by atomic mass is 10.1. The van der Waals surface area contributed by atoms with Crippen LogP contribution in [0.4, 0.5) is 10.7 Å². The van der Waals surface area contributed by atoms with Crippen LogP contribution in [0.5, 0.6) is 11.8 Å². The summed E-state index contributed by atoms with van der Waals surface area (Å²) >= 11 is 0. The Morgan fingerprint density at radius 1 is 0.795 bits per heavy atom. The number of carbonyl (C=O) groups is 2. The molecule has 11 heteroatoms. The van der Waals surface area contributed by atoms with Gasteiger partial charge in [-0.05, 0) is 82.9 Å². The molecule has 0 spiro atoms. The Morgan fingerprint density at radius 2 is 1.50 bits per heavy atom. The standard InChI is InChI=1S/C33H45N5O6/c1-6-41-29(39)26-16-12-24(13-17-26)22-28-36-30(38-31(37-28)42-7-2)35-23-25-14-18-27(19-15-25)43-21-11-9-8-10-20-34-32(40)44-33(3,4)5/h12-19H,6-11,20-23H2,1-5H3,(H,34,40)(H,35,36,37,38). The highest BCUT2D eigenvalue weighted by Gasteiger charge is 2.15. The summed E-state index contributed by atoms with van der Waals surface area (Å²) in [5.41, 5.74) is 2.01. The van der Waals surface area contributed by atoms with Crippen molar-refractivity contribution < 1.29 is 28.5 Å². The first-order valence-electron chi connectivity index (χ1n) is 15.2. The van der Waals surface area contributed by atoms with Gasteiger partial charge in [-0.3, -0.25) is 0 Å². The molecular formula is C33H45N5O6. The number of benzene rings is 2. The van der Waals surface area contributed by atoms with E-state index in [9.17, 15) is 9.59 Å². The summed E-state index contributed by atoms with van der Waals surface area (Å²) in [6, 6.07) is 15.4. The predicted molar refractivity (Wildman–Crippen MR) is 168 cm³/mol. The van der Waals surface area contributed by atoms with Gasteiger partial charge in [0.25, 0.3) is 0 Å². The van der Waals surface area contributed by atoms with Crippen LogP contribution in [0.2, 0.25) is 0 Å². The van der Waals surface area contributed by atoms with Crippen molar-refractivity contribution in [2.75, 3.05) is 31.7 Å². The van der Waals surface area contributed by atoms with Gasteiger partial charge in [-0.1, -0.05) is 37.1 Å². The van der Waals surface area contributed by atoms with E-state index in [1.54, 1.807) is 19.1 Å². The molecule has 0 fully saturated rings. The first-order valence-corrected chi connectivity index (χ1v) is 15.2. The Kier molecular flexibility index (Phi) is 13.7. The SMILES string of the molecule is CCOC(=O)c1ccc(Cc2nc(NCc3ccc(OCCCCCCNC(=O)OC(C)(C)C)cc3)nc(OCC)n2)cc1. The molecule has 1 aromatic heterocycles. The summed E-state index contributed by atoms with van der Waals surface area (Å²) in [6.07, 6.45) is 3.96. The summed E-state index contributed by atoms with van der Waals surface area (Å²) in [5, 5.41) is 6.04. The van der Waals surface area contributed by atoms with Crippen LogP contribution in [0, 0.1) is 0 Å². The second-order valence-corrected chi connectivity index (χ2v) is 11.1. The molecule has 44 heavy (non-hydrogen) atoms. The van der Waals surface area contributed by atoms with Crippen LogP contribution in [0.1, 0.15) is 87.6 Å². The van der Waals surface area contributed by atoms with Crippen LogP contribution in [-0.2, 0) is 22.4 Å². The quantitative estimate of drug-likeness (QED) is 0.137. The number of amides is 1. The molecule has 0 saturated heterocycles. The molecule has 1 amide bonds. The second-order valence-electron chi connectivity index (χ2n) is 11.1. The van der Waals surface area contributed by atoms with E-state index in [1.165, 1.54) is 0 Å². The van der Waals surface area contributed by atoms with Gasteiger partial charge in [0.1, 0.15) is 17.2 Å². The van der Waals surface area contributed by atoms with Gasteiger partial charge in [0.05, 0.1) is 25.4 Å². The molecule has 0 aliphatic carbocycles. The number of anilines is 1.